The van der Waals surface area contributed by atoms with Gasteiger partial charge in [0.05, 0.1) is 0 Å². The molecule has 0 aliphatic carbocycles. The van der Waals surface area contributed by atoms with Crippen LogP contribution in [0, 0.1) is 5.82 Å². The third-order valence-electron chi connectivity index (χ3n) is 3.48. The summed E-state index contributed by atoms with van der Waals surface area (Å²) in [6, 6.07) is 12.7. The van der Waals surface area contributed by atoms with Crippen molar-refractivity contribution in [1.29, 1.82) is 0 Å². The summed E-state index contributed by atoms with van der Waals surface area (Å²) in [6.07, 6.45) is 2.53. The van der Waals surface area contributed by atoms with Gasteiger partial charge < -0.3 is 10.1 Å². The van der Waals surface area contributed by atoms with E-state index in [1.165, 1.54) is 35.6 Å². The molecule has 0 aliphatic rings. The summed E-state index contributed by atoms with van der Waals surface area (Å²) in [7, 11) is 0. The van der Waals surface area contributed by atoms with E-state index in [0.29, 0.717) is 22.2 Å². The molecule has 1 aromatic heterocycles. The van der Waals surface area contributed by atoms with Crippen LogP contribution in [-0.4, -0.2) is 16.2 Å². The zero-order chi connectivity index (χ0) is 19.1. The van der Waals surface area contributed by atoms with Gasteiger partial charge in [-0.2, -0.15) is 0 Å². The Hall–Kier alpha value is -3.26. The number of aromatic nitrogens is 2. The molecule has 6 nitrogen and oxygen atoms in total. The lowest BCUT2D eigenvalue weighted by Crippen LogP contribution is -2.19. The maximum Gasteiger partial charge on any atom is 0.325 e. The average molecular weight is 384 g/mol. The lowest BCUT2D eigenvalue weighted by Gasteiger charge is -2.08. The van der Waals surface area contributed by atoms with Crippen molar-refractivity contribution in [3.63, 3.8) is 0 Å². The van der Waals surface area contributed by atoms with E-state index in [9.17, 15) is 9.18 Å². The fourth-order valence-electron chi connectivity index (χ4n) is 2.26. The Labute approximate surface area is 159 Å². The Morgan fingerprint density at radius 3 is 2.70 bits per heavy atom. The van der Waals surface area contributed by atoms with Crippen LogP contribution >= 0.6 is 11.3 Å². The number of hydrogen-bond acceptors (Lipinski definition) is 5. The summed E-state index contributed by atoms with van der Waals surface area (Å²) in [4.78, 5) is 12.0. The van der Waals surface area contributed by atoms with E-state index in [1.807, 2.05) is 30.3 Å². The number of urea groups is 1. The Morgan fingerprint density at radius 2 is 1.93 bits per heavy atom. The van der Waals surface area contributed by atoms with Crippen molar-refractivity contribution in [3.05, 3.63) is 77.6 Å². The molecule has 0 saturated heterocycles. The number of carbonyl (C=O) groups excluding carboxylic acids is 1. The quantitative estimate of drug-likeness (QED) is 0.583. The number of amides is 2. The molecule has 0 bridgehead atoms. The number of anilines is 2. The Kier molecular flexibility index (Phi) is 6.11. The molecule has 0 saturated carbocycles. The van der Waals surface area contributed by atoms with Crippen molar-refractivity contribution >= 4 is 28.2 Å². The van der Waals surface area contributed by atoms with Gasteiger partial charge in [0.15, 0.2) is 5.01 Å². The molecule has 2 amide bonds. The van der Waals surface area contributed by atoms with E-state index >= 15 is 0 Å². The van der Waals surface area contributed by atoms with Crippen LogP contribution in [0.1, 0.15) is 10.6 Å². The molecule has 2 aromatic carbocycles. The first-order chi connectivity index (χ1) is 13.1. The highest BCUT2D eigenvalue weighted by molar-refractivity contribution is 7.15. The average Bonchev–Trinajstić information content (AvgIpc) is 3.10. The molecule has 0 atom stereocenters. The second-order valence-corrected chi connectivity index (χ2v) is 6.54. The maximum absolute atomic E-state index is 12.9. The zero-order valence-electron chi connectivity index (χ0n) is 14.3. The topological polar surface area (TPSA) is 76.1 Å². The summed E-state index contributed by atoms with van der Waals surface area (Å²) >= 11 is 1.21. The fourth-order valence-corrected chi connectivity index (χ4v) is 2.91. The third-order valence-corrected chi connectivity index (χ3v) is 4.29. The number of allylic oxidation sites excluding steroid dienone is 1. The lowest BCUT2D eigenvalue weighted by molar-refractivity contribution is 0.262. The molecule has 3 rings (SSSR count). The fraction of sp³-hybridized carbons (Fsp3) is 0.105. The molecule has 3 aromatic rings. The first-order valence-electron chi connectivity index (χ1n) is 8.11. The van der Waals surface area contributed by atoms with Gasteiger partial charge in [0.1, 0.15) is 18.2 Å². The number of ether oxygens (including phenoxy) is 1. The van der Waals surface area contributed by atoms with Crippen molar-refractivity contribution in [3.8, 4) is 5.75 Å². The lowest BCUT2D eigenvalue weighted by atomic mass is 10.1. The standard InChI is InChI=1S/C19H17FN4O2S/c1-2-5-13-6-3-4-7-16(13)26-12-17-23-24-19(27-17)22-18(25)21-15-10-8-14(20)9-11-15/h2-4,6-11H,1,5,12H2,(H2,21,22,24,25). The Morgan fingerprint density at radius 1 is 1.15 bits per heavy atom. The summed E-state index contributed by atoms with van der Waals surface area (Å²) in [5.74, 6) is 0.389. The van der Waals surface area contributed by atoms with Crippen LogP contribution in [-0.2, 0) is 13.0 Å². The minimum absolute atomic E-state index is 0.243. The van der Waals surface area contributed by atoms with Crippen molar-refractivity contribution in [2.45, 2.75) is 13.0 Å². The van der Waals surface area contributed by atoms with Crippen LogP contribution in [0.3, 0.4) is 0 Å². The highest BCUT2D eigenvalue weighted by Gasteiger charge is 2.10. The molecule has 0 fully saturated rings. The number of nitrogens with one attached hydrogen (secondary N) is 2. The van der Waals surface area contributed by atoms with E-state index in [1.54, 1.807) is 0 Å². The maximum atomic E-state index is 12.9. The number of halogens is 1. The molecule has 1 heterocycles. The van der Waals surface area contributed by atoms with Crippen LogP contribution in [0.4, 0.5) is 20.0 Å². The first kappa shape index (κ1) is 18.5. The number of hydrogen-bond donors (Lipinski definition) is 2. The molecule has 138 valence electrons. The van der Waals surface area contributed by atoms with Crippen LogP contribution in [0.25, 0.3) is 0 Å². The molecule has 8 heteroatoms. The molecular weight excluding hydrogens is 367 g/mol. The van der Waals surface area contributed by atoms with Gasteiger partial charge in [0, 0.05) is 5.69 Å². The highest BCUT2D eigenvalue weighted by atomic mass is 32.1. The normalized spacial score (nSPS) is 10.3. The minimum Gasteiger partial charge on any atom is -0.486 e. The predicted octanol–water partition coefficient (Wildman–Crippen LogP) is 4.63. The van der Waals surface area contributed by atoms with Gasteiger partial charge in [-0.1, -0.05) is 35.6 Å². The summed E-state index contributed by atoms with van der Waals surface area (Å²) in [5, 5.41) is 14.1. The second kappa shape index (κ2) is 8.91. The van der Waals surface area contributed by atoms with E-state index in [-0.39, 0.29) is 12.4 Å². The Balaban J connectivity index is 1.54. The molecule has 0 spiro atoms. The summed E-state index contributed by atoms with van der Waals surface area (Å²) < 4.78 is 18.7. The van der Waals surface area contributed by atoms with Gasteiger partial charge in [-0.25, -0.2) is 9.18 Å². The van der Waals surface area contributed by atoms with E-state index in [4.69, 9.17) is 4.74 Å². The predicted molar refractivity (Wildman–Crippen MR) is 104 cm³/mol. The molecule has 0 unspecified atom stereocenters. The monoisotopic (exact) mass is 384 g/mol. The van der Waals surface area contributed by atoms with Crippen molar-refractivity contribution < 1.29 is 13.9 Å². The van der Waals surface area contributed by atoms with Crippen LogP contribution in [0.2, 0.25) is 0 Å². The van der Waals surface area contributed by atoms with Crippen molar-refractivity contribution in [2.75, 3.05) is 10.6 Å². The smallest absolute Gasteiger partial charge is 0.325 e. The van der Waals surface area contributed by atoms with Crippen molar-refractivity contribution in [1.82, 2.24) is 10.2 Å². The molecule has 27 heavy (non-hydrogen) atoms. The first-order valence-corrected chi connectivity index (χ1v) is 8.93. The third kappa shape index (κ3) is 5.35. The molecule has 0 aliphatic heterocycles. The number of nitrogens with zero attached hydrogens (tertiary/aromatic N) is 2. The van der Waals surface area contributed by atoms with Crippen molar-refractivity contribution in [2.24, 2.45) is 0 Å². The van der Waals surface area contributed by atoms with E-state index < -0.39 is 6.03 Å². The van der Waals surface area contributed by atoms with Crippen LogP contribution < -0.4 is 15.4 Å². The SMILES string of the molecule is C=CCc1ccccc1OCc1nnc(NC(=O)Nc2ccc(F)cc2)s1. The molecular formula is C19H17FN4O2S. The Bertz CT molecular complexity index is 927. The van der Waals surface area contributed by atoms with Gasteiger partial charge >= 0.3 is 6.03 Å². The number of carbonyl (C=O) groups is 1. The zero-order valence-corrected chi connectivity index (χ0v) is 15.1. The second-order valence-electron chi connectivity index (χ2n) is 5.48. The summed E-state index contributed by atoms with van der Waals surface area (Å²) in [5.41, 5.74) is 1.51. The number of rotatable bonds is 7. The van der Waals surface area contributed by atoms with Crippen LogP contribution in [0.5, 0.6) is 5.75 Å². The van der Waals surface area contributed by atoms with E-state index in [2.05, 4.69) is 27.4 Å². The molecule has 2 N–H and O–H groups in total. The highest BCUT2D eigenvalue weighted by Crippen LogP contribution is 2.22. The molecule has 0 radical (unpaired) electrons. The van der Waals surface area contributed by atoms with Crippen LogP contribution in [0.15, 0.2) is 61.2 Å². The van der Waals surface area contributed by atoms with E-state index in [0.717, 1.165) is 11.3 Å². The minimum atomic E-state index is -0.485. The van der Waals surface area contributed by atoms with Gasteiger partial charge in [-0.15, -0.1) is 16.8 Å². The van der Waals surface area contributed by atoms with Gasteiger partial charge in [-0.05, 0) is 42.3 Å². The van der Waals surface area contributed by atoms with Gasteiger partial charge in [0.2, 0.25) is 5.13 Å². The largest absolute Gasteiger partial charge is 0.486 e. The van der Waals surface area contributed by atoms with Gasteiger partial charge in [0.25, 0.3) is 0 Å². The summed E-state index contributed by atoms with van der Waals surface area (Å²) in [6.45, 7) is 3.98. The van der Waals surface area contributed by atoms with Gasteiger partial charge in [-0.3, -0.25) is 5.32 Å². The number of benzene rings is 2. The number of para-hydroxylation sites is 1.